The molecule has 0 aromatic rings. The first kappa shape index (κ1) is 19.9. The molecule has 0 aromatic heterocycles. The van der Waals surface area contributed by atoms with Gasteiger partial charge in [0.15, 0.2) is 0 Å². The molecule has 0 bridgehead atoms. The molecule has 0 aliphatic carbocycles. The molecule has 2 unspecified atom stereocenters. The molecule has 0 radical (unpaired) electrons. The fourth-order valence-electron chi connectivity index (χ4n) is 2.45. The number of aliphatic hydroxyl groups is 1. The molecule has 3 N–H and O–H groups in total. The van der Waals surface area contributed by atoms with E-state index in [2.05, 4.69) is 0 Å². The van der Waals surface area contributed by atoms with Crippen LogP contribution in [0.5, 0.6) is 0 Å². The number of rotatable bonds is 13. The van der Waals surface area contributed by atoms with Gasteiger partial charge in [-0.1, -0.05) is 39.5 Å². The predicted octanol–water partition coefficient (Wildman–Crippen LogP) is 2.31. The van der Waals surface area contributed by atoms with Gasteiger partial charge in [-0.2, -0.15) is 0 Å². The second kappa shape index (κ2) is 11.5. The van der Waals surface area contributed by atoms with Crippen molar-refractivity contribution in [1.29, 1.82) is 0 Å². The van der Waals surface area contributed by atoms with Crippen molar-refractivity contribution in [2.24, 2.45) is 0 Å². The summed E-state index contributed by atoms with van der Waals surface area (Å²) in [6, 6.07) is -0.649. The van der Waals surface area contributed by atoms with E-state index in [1.807, 2.05) is 13.8 Å². The summed E-state index contributed by atoms with van der Waals surface area (Å²) in [4.78, 5) is 23.3. The van der Waals surface area contributed by atoms with E-state index >= 15 is 0 Å². The van der Waals surface area contributed by atoms with Gasteiger partial charge in [0, 0.05) is 6.42 Å². The van der Waals surface area contributed by atoms with E-state index in [9.17, 15) is 19.8 Å². The molecule has 0 rings (SSSR count). The van der Waals surface area contributed by atoms with Gasteiger partial charge in [-0.15, -0.1) is 0 Å². The van der Waals surface area contributed by atoms with Gasteiger partial charge in [-0.05, 0) is 25.8 Å². The average Bonchev–Trinajstić information content (AvgIpc) is 2.43. The topological polar surface area (TPSA) is 98.1 Å². The lowest BCUT2D eigenvalue weighted by molar-refractivity contribution is -0.149. The number of nitrogens with zero attached hydrogens (tertiary/aromatic N) is 1. The van der Waals surface area contributed by atoms with Gasteiger partial charge >= 0.3 is 11.9 Å². The first-order valence-corrected chi connectivity index (χ1v) is 7.82. The predicted molar refractivity (Wildman–Crippen MR) is 80.1 cm³/mol. The molecule has 0 fully saturated rings. The van der Waals surface area contributed by atoms with Crippen LogP contribution in [0.1, 0.15) is 65.2 Å². The van der Waals surface area contributed by atoms with Crippen LogP contribution < -0.4 is 0 Å². The fraction of sp³-hybridized carbons (Fsp3) is 0.867. The maximum atomic E-state index is 11.3. The van der Waals surface area contributed by atoms with Crippen molar-refractivity contribution in [3.63, 3.8) is 0 Å². The van der Waals surface area contributed by atoms with Gasteiger partial charge in [0.1, 0.15) is 12.3 Å². The largest absolute Gasteiger partial charge is 0.481 e. The molecule has 124 valence electrons. The third-order valence-corrected chi connectivity index (χ3v) is 3.67. The Bertz CT molecular complexity index is 308. The summed E-state index contributed by atoms with van der Waals surface area (Å²) in [7, 11) is 0. The van der Waals surface area contributed by atoms with Gasteiger partial charge in [0.25, 0.3) is 0 Å². The monoisotopic (exact) mass is 303 g/mol. The van der Waals surface area contributed by atoms with E-state index in [4.69, 9.17) is 5.11 Å². The second-order valence-electron chi connectivity index (χ2n) is 5.27. The number of hydrogen-bond acceptors (Lipinski definition) is 4. The molecular formula is C15H29NO5. The molecule has 2 atom stereocenters. The van der Waals surface area contributed by atoms with Crippen molar-refractivity contribution in [2.45, 2.75) is 77.5 Å². The third kappa shape index (κ3) is 8.67. The lowest BCUT2D eigenvalue weighted by atomic mass is 10.0. The SMILES string of the molecule is CCC(O)N(CC)C(CCCCCCCC(=O)O)C(=O)O. The summed E-state index contributed by atoms with van der Waals surface area (Å²) >= 11 is 0. The van der Waals surface area contributed by atoms with Crippen LogP contribution in [0.3, 0.4) is 0 Å². The van der Waals surface area contributed by atoms with Crippen molar-refractivity contribution in [2.75, 3.05) is 6.54 Å². The fourth-order valence-corrected chi connectivity index (χ4v) is 2.45. The van der Waals surface area contributed by atoms with Crippen molar-refractivity contribution >= 4 is 11.9 Å². The number of carbonyl (C=O) groups is 2. The zero-order valence-electron chi connectivity index (χ0n) is 13.1. The minimum atomic E-state index is -0.893. The molecule has 0 amide bonds. The van der Waals surface area contributed by atoms with E-state index < -0.39 is 24.2 Å². The van der Waals surface area contributed by atoms with E-state index in [1.165, 1.54) is 0 Å². The molecule has 21 heavy (non-hydrogen) atoms. The zero-order chi connectivity index (χ0) is 16.3. The summed E-state index contributed by atoms with van der Waals surface area (Å²) in [5.41, 5.74) is 0. The Hall–Kier alpha value is -1.14. The second-order valence-corrected chi connectivity index (χ2v) is 5.27. The molecule has 0 aliphatic heterocycles. The molecule has 6 heteroatoms. The molecule has 0 aliphatic rings. The third-order valence-electron chi connectivity index (χ3n) is 3.67. The Morgan fingerprint density at radius 2 is 1.57 bits per heavy atom. The standard InChI is InChI=1S/C15H29NO5/c1-3-13(17)16(4-2)12(15(20)21)10-8-6-5-7-9-11-14(18)19/h12-13,17H,3-11H2,1-2H3,(H,18,19)(H,20,21). The first-order chi connectivity index (χ1) is 9.93. The summed E-state index contributed by atoms with van der Waals surface area (Å²) in [6.07, 6.45) is 4.62. The van der Waals surface area contributed by atoms with Gasteiger partial charge < -0.3 is 15.3 Å². The van der Waals surface area contributed by atoms with Crippen molar-refractivity contribution in [1.82, 2.24) is 4.90 Å². The van der Waals surface area contributed by atoms with E-state index in [0.29, 0.717) is 25.8 Å². The van der Waals surface area contributed by atoms with Gasteiger partial charge in [-0.25, -0.2) is 0 Å². The Balaban J connectivity index is 4.05. The summed E-state index contributed by atoms with van der Waals surface area (Å²) in [6.45, 7) is 4.18. The number of likely N-dealkylation sites (N-methyl/N-ethyl adjacent to an activating group) is 1. The number of aliphatic carboxylic acids is 2. The van der Waals surface area contributed by atoms with Crippen LogP contribution in [-0.2, 0) is 9.59 Å². The minimum Gasteiger partial charge on any atom is -0.481 e. The Morgan fingerprint density at radius 3 is 2.05 bits per heavy atom. The molecule has 6 nitrogen and oxygen atoms in total. The number of hydrogen-bond donors (Lipinski definition) is 3. The molecular weight excluding hydrogens is 274 g/mol. The van der Waals surface area contributed by atoms with Crippen molar-refractivity contribution in [3.05, 3.63) is 0 Å². The smallest absolute Gasteiger partial charge is 0.320 e. The maximum Gasteiger partial charge on any atom is 0.320 e. The molecule has 0 saturated carbocycles. The van der Waals surface area contributed by atoms with Crippen LogP contribution in [0.4, 0.5) is 0 Å². The molecule has 0 spiro atoms. The van der Waals surface area contributed by atoms with E-state index in [0.717, 1.165) is 25.7 Å². The van der Waals surface area contributed by atoms with Crippen LogP contribution >= 0.6 is 0 Å². The lowest BCUT2D eigenvalue weighted by Crippen LogP contribution is -2.47. The Morgan fingerprint density at radius 1 is 1.00 bits per heavy atom. The lowest BCUT2D eigenvalue weighted by Gasteiger charge is -2.31. The minimum absolute atomic E-state index is 0.198. The highest BCUT2D eigenvalue weighted by Gasteiger charge is 2.27. The van der Waals surface area contributed by atoms with Crippen molar-refractivity contribution < 1.29 is 24.9 Å². The number of carboxylic acid groups (broad SMARTS) is 2. The zero-order valence-corrected chi connectivity index (χ0v) is 13.1. The first-order valence-electron chi connectivity index (χ1n) is 7.82. The van der Waals surface area contributed by atoms with Crippen LogP contribution in [0, 0.1) is 0 Å². The Labute approximate surface area is 126 Å². The highest BCUT2D eigenvalue weighted by atomic mass is 16.4. The summed E-state index contributed by atoms with van der Waals surface area (Å²) in [5, 5.41) is 27.7. The summed E-state index contributed by atoms with van der Waals surface area (Å²) < 4.78 is 0. The van der Waals surface area contributed by atoms with E-state index in [-0.39, 0.29) is 6.42 Å². The van der Waals surface area contributed by atoms with Crippen LogP contribution in [0.2, 0.25) is 0 Å². The highest BCUT2D eigenvalue weighted by molar-refractivity contribution is 5.73. The highest BCUT2D eigenvalue weighted by Crippen LogP contribution is 2.15. The molecule has 0 heterocycles. The normalized spacial score (nSPS) is 14.1. The van der Waals surface area contributed by atoms with Gasteiger partial charge in [0.05, 0.1) is 0 Å². The van der Waals surface area contributed by atoms with Gasteiger partial charge in [-0.3, -0.25) is 14.5 Å². The molecule has 0 aromatic carbocycles. The number of aliphatic hydroxyl groups excluding tert-OH is 1. The van der Waals surface area contributed by atoms with Crippen LogP contribution in [-0.4, -0.2) is 51.0 Å². The van der Waals surface area contributed by atoms with E-state index in [1.54, 1.807) is 4.90 Å². The number of carboxylic acids is 2. The number of unbranched alkanes of at least 4 members (excludes halogenated alkanes) is 4. The van der Waals surface area contributed by atoms with Crippen LogP contribution in [0.25, 0.3) is 0 Å². The Kier molecular flexibility index (Phi) is 10.9. The van der Waals surface area contributed by atoms with Gasteiger partial charge in [0.2, 0.25) is 0 Å². The average molecular weight is 303 g/mol. The maximum absolute atomic E-state index is 11.3. The molecule has 0 saturated heterocycles. The van der Waals surface area contributed by atoms with Crippen LogP contribution in [0.15, 0.2) is 0 Å². The quantitative estimate of drug-likeness (QED) is 0.357. The van der Waals surface area contributed by atoms with Crippen molar-refractivity contribution in [3.8, 4) is 0 Å². The summed E-state index contributed by atoms with van der Waals surface area (Å²) in [5.74, 6) is -1.66.